The lowest BCUT2D eigenvalue weighted by atomic mass is 9.98. The van der Waals surface area contributed by atoms with Gasteiger partial charge < -0.3 is 4.90 Å². The molecule has 0 aromatic heterocycles. The first-order chi connectivity index (χ1) is 12.3. The van der Waals surface area contributed by atoms with Crippen LogP contribution in [0.2, 0.25) is 5.02 Å². The maximum absolute atomic E-state index is 12.5. The van der Waals surface area contributed by atoms with Gasteiger partial charge in [-0.05, 0) is 67.3 Å². The summed E-state index contributed by atoms with van der Waals surface area (Å²) < 4.78 is 27.4. The van der Waals surface area contributed by atoms with Crippen molar-refractivity contribution in [1.82, 2.24) is 4.90 Å². The number of hydrogen-bond acceptors (Lipinski definition) is 3. The van der Waals surface area contributed by atoms with Crippen molar-refractivity contribution in [1.29, 1.82) is 0 Å². The van der Waals surface area contributed by atoms with Crippen LogP contribution in [-0.4, -0.2) is 32.3 Å². The first-order valence-electron chi connectivity index (χ1n) is 8.53. The van der Waals surface area contributed by atoms with E-state index < -0.39 is 10.0 Å². The van der Waals surface area contributed by atoms with Crippen molar-refractivity contribution in [3.63, 3.8) is 0 Å². The highest BCUT2D eigenvalue weighted by molar-refractivity contribution is 7.92. The van der Waals surface area contributed by atoms with E-state index >= 15 is 0 Å². The second-order valence-electron chi connectivity index (χ2n) is 6.61. The molecule has 1 aliphatic rings. The second-order valence-corrected chi connectivity index (χ2v) is 8.73. The summed E-state index contributed by atoms with van der Waals surface area (Å²) in [5.41, 5.74) is 0.932. The zero-order valence-electron chi connectivity index (χ0n) is 14.5. The van der Waals surface area contributed by atoms with E-state index in [0.29, 0.717) is 22.2 Å². The summed E-state index contributed by atoms with van der Waals surface area (Å²) in [6.45, 7) is 3.69. The Morgan fingerprint density at radius 1 is 1.04 bits per heavy atom. The van der Waals surface area contributed by atoms with Crippen LogP contribution in [-0.2, 0) is 10.0 Å². The average Bonchev–Trinajstić information content (AvgIpc) is 2.64. The number of benzene rings is 2. The Hall–Kier alpha value is -2.05. The van der Waals surface area contributed by atoms with Gasteiger partial charge >= 0.3 is 0 Å². The van der Waals surface area contributed by atoms with Crippen LogP contribution in [0.15, 0.2) is 53.4 Å². The molecule has 0 unspecified atom stereocenters. The van der Waals surface area contributed by atoms with Gasteiger partial charge in [0.1, 0.15) is 0 Å². The summed E-state index contributed by atoms with van der Waals surface area (Å²) in [5.74, 6) is 0.594. The molecule has 0 radical (unpaired) electrons. The number of carbonyl (C=O) groups excluding carboxylic acids is 1. The van der Waals surface area contributed by atoms with Crippen molar-refractivity contribution in [3.8, 4) is 0 Å². The summed E-state index contributed by atoms with van der Waals surface area (Å²) >= 11 is 5.81. The molecule has 0 saturated carbocycles. The highest BCUT2D eigenvalue weighted by Gasteiger charge is 2.22. The topological polar surface area (TPSA) is 66.5 Å². The number of nitrogens with one attached hydrogen (secondary N) is 1. The summed E-state index contributed by atoms with van der Waals surface area (Å²) in [5, 5.41) is 0.530. The van der Waals surface area contributed by atoms with E-state index in [1.807, 2.05) is 4.90 Å². The van der Waals surface area contributed by atoms with E-state index in [1.54, 1.807) is 36.4 Å². The van der Waals surface area contributed by atoms with Crippen LogP contribution in [0.25, 0.3) is 0 Å². The molecule has 138 valence electrons. The Kier molecular flexibility index (Phi) is 5.53. The van der Waals surface area contributed by atoms with Crippen molar-refractivity contribution in [2.75, 3.05) is 17.8 Å². The van der Waals surface area contributed by atoms with Crippen LogP contribution in [0.3, 0.4) is 0 Å². The molecule has 1 fully saturated rings. The van der Waals surface area contributed by atoms with Crippen LogP contribution in [0.1, 0.15) is 30.1 Å². The Labute approximate surface area is 159 Å². The van der Waals surface area contributed by atoms with E-state index in [1.165, 1.54) is 12.1 Å². The highest BCUT2D eigenvalue weighted by atomic mass is 35.5. The van der Waals surface area contributed by atoms with Gasteiger partial charge in [-0.2, -0.15) is 0 Å². The monoisotopic (exact) mass is 392 g/mol. The van der Waals surface area contributed by atoms with Crippen LogP contribution in [0.4, 0.5) is 5.69 Å². The fourth-order valence-corrected chi connectivity index (χ4v) is 4.09. The second kappa shape index (κ2) is 7.68. The van der Waals surface area contributed by atoms with Crippen molar-refractivity contribution >= 4 is 33.2 Å². The van der Waals surface area contributed by atoms with Crippen LogP contribution >= 0.6 is 11.6 Å². The molecular weight excluding hydrogens is 372 g/mol. The molecule has 1 N–H and O–H groups in total. The largest absolute Gasteiger partial charge is 0.339 e. The molecule has 7 heteroatoms. The molecule has 0 spiro atoms. The van der Waals surface area contributed by atoms with E-state index in [4.69, 9.17) is 11.6 Å². The molecule has 0 atom stereocenters. The Morgan fingerprint density at radius 2 is 1.62 bits per heavy atom. The molecule has 0 aliphatic carbocycles. The zero-order chi connectivity index (χ0) is 18.7. The van der Waals surface area contributed by atoms with Gasteiger partial charge in [-0.3, -0.25) is 9.52 Å². The zero-order valence-corrected chi connectivity index (χ0v) is 16.1. The fraction of sp³-hybridized carbons (Fsp3) is 0.316. The van der Waals surface area contributed by atoms with Gasteiger partial charge in [0, 0.05) is 29.4 Å². The standard InChI is InChI=1S/C19H21ClN2O3S/c1-14-10-12-22(13-11-14)19(23)15-2-8-18(9-3-15)26(24,25)21-17-6-4-16(20)5-7-17/h2-9,14,21H,10-13H2,1H3. The minimum Gasteiger partial charge on any atom is -0.339 e. The smallest absolute Gasteiger partial charge is 0.261 e. The molecule has 0 bridgehead atoms. The lowest BCUT2D eigenvalue weighted by molar-refractivity contribution is 0.0697. The predicted molar refractivity (Wildman–Crippen MR) is 103 cm³/mol. The van der Waals surface area contributed by atoms with Gasteiger partial charge in [-0.15, -0.1) is 0 Å². The number of anilines is 1. The summed E-state index contributed by atoms with van der Waals surface area (Å²) in [6, 6.07) is 12.5. The molecule has 2 aromatic rings. The first-order valence-corrected chi connectivity index (χ1v) is 10.4. The molecule has 2 aromatic carbocycles. The Balaban J connectivity index is 1.72. The maximum atomic E-state index is 12.5. The fourth-order valence-electron chi connectivity index (χ4n) is 2.90. The molecule has 3 rings (SSSR count). The summed E-state index contributed by atoms with van der Waals surface area (Å²) in [4.78, 5) is 14.5. The van der Waals surface area contributed by atoms with E-state index in [2.05, 4.69) is 11.6 Å². The van der Waals surface area contributed by atoms with Crippen LogP contribution < -0.4 is 4.72 Å². The van der Waals surface area contributed by atoms with Gasteiger partial charge in [-0.25, -0.2) is 8.42 Å². The number of nitrogens with zero attached hydrogens (tertiary/aromatic N) is 1. The Morgan fingerprint density at radius 3 is 2.19 bits per heavy atom. The number of rotatable bonds is 4. The summed E-state index contributed by atoms with van der Waals surface area (Å²) in [6.07, 6.45) is 2.01. The molecular formula is C19H21ClN2O3S. The normalized spacial score (nSPS) is 15.7. The number of hydrogen-bond donors (Lipinski definition) is 1. The lowest BCUT2D eigenvalue weighted by Gasteiger charge is -2.30. The van der Waals surface area contributed by atoms with Gasteiger partial charge in [0.25, 0.3) is 15.9 Å². The first kappa shape index (κ1) is 18.7. The minimum absolute atomic E-state index is 0.0495. The molecule has 26 heavy (non-hydrogen) atoms. The molecule has 1 aliphatic heterocycles. The van der Waals surface area contributed by atoms with E-state index in [0.717, 1.165) is 25.9 Å². The third-order valence-electron chi connectivity index (χ3n) is 4.58. The predicted octanol–water partition coefficient (Wildman–Crippen LogP) is 4.01. The number of sulfonamides is 1. The molecule has 1 heterocycles. The molecule has 1 amide bonds. The van der Waals surface area contributed by atoms with Crippen molar-refractivity contribution in [2.24, 2.45) is 5.92 Å². The van der Waals surface area contributed by atoms with Gasteiger partial charge in [0.05, 0.1) is 4.90 Å². The van der Waals surface area contributed by atoms with E-state index in [-0.39, 0.29) is 10.8 Å². The molecule has 5 nitrogen and oxygen atoms in total. The van der Waals surface area contributed by atoms with E-state index in [9.17, 15) is 13.2 Å². The average molecular weight is 393 g/mol. The summed E-state index contributed by atoms with van der Waals surface area (Å²) in [7, 11) is -3.72. The minimum atomic E-state index is -3.72. The van der Waals surface area contributed by atoms with Gasteiger partial charge in [-0.1, -0.05) is 18.5 Å². The number of likely N-dealkylation sites (tertiary alicyclic amines) is 1. The third-order valence-corrected chi connectivity index (χ3v) is 6.23. The lowest BCUT2D eigenvalue weighted by Crippen LogP contribution is -2.37. The third kappa shape index (κ3) is 4.37. The maximum Gasteiger partial charge on any atom is 0.261 e. The van der Waals surface area contributed by atoms with Gasteiger partial charge in [0.15, 0.2) is 0 Å². The van der Waals surface area contributed by atoms with Crippen molar-refractivity contribution < 1.29 is 13.2 Å². The van der Waals surface area contributed by atoms with Crippen molar-refractivity contribution in [3.05, 3.63) is 59.1 Å². The number of halogens is 1. The number of piperidine rings is 1. The quantitative estimate of drug-likeness (QED) is 0.854. The molecule has 1 saturated heterocycles. The Bertz CT molecular complexity index is 872. The number of carbonyl (C=O) groups is 1. The number of amides is 1. The van der Waals surface area contributed by atoms with Crippen LogP contribution in [0.5, 0.6) is 0 Å². The van der Waals surface area contributed by atoms with Gasteiger partial charge in [0.2, 0.25) is 0 Å². The highest BCUT2D eigenvalue weighted by Crippen LogP contribution is 2.21. The van der Waals surface area contributed by atoms with Crippen LogP contribution in [0, 0.1) is 5.92 Å². The van der Waals surface area contributed by atoms with Crippen molar-refractivity contribution in [2.45, 2.75) is 24.7 Å². The SMILES string of the molecule is CC1CCN(C(=O)c2ccc(S(=O)(=O)Nc3ccc(Cl)cc3)cc2)CC1.